The van der Waals surface area contributed by atoms with E-state index in [2.05, 4.69) is 0 Å². The zero-order valence-corrected chi connectivity index (χ0v) is 8.40. The monoisotopic (exact) mass is 236 g/mol. The van der Waals surface area contributed by atoms with Crippen LogP contribution in [-0.2, 0) is 11.2 Å². The third-order valence-corrected chi connectivity index (χ3v) is 2.18. The molecule has 0 aromatic heterocycles. The van der Waals surface area contributed by atoms with E-state index in [-0.39, 0.29) is 17.9 Å². The largest absolute Gasteiger partial charge is 0.298 e. The lowest BCUT2D eigenvalue weighted by Gasteiger charge is -2.06. The highest BCUT2D eigenvalue weighted by atomic mass is 35.5. The van der Waals surface area contributed by atoms with Gasteiger partial charge in [0.15, 0.2) is 5.78 Å². The van der Waals surface area contributed by atoms with E-state index in [1.807, 2.05) is 0 Å². The van der Waals surface area contributed by atoms with Crippen molar-refractivity contribution in [2.45, 2.75) is 12.8 Å². The molecule has 0 radical (unpaired) electrons. The Kier molecular flexibility index (Phi) is 4.15. The molecule has 0 bridgehead atoms. The fourth-order valence-electron chi connectivity index (χ4n) is 1.16. The second-order valence-corrected chi connectivity index (χ2v) is 3.24. The molecule has 0 unspecified atom stereocenters. The van der Waals surface area contributed by atoms with Gasteiger partial charge in [0.1, 0.15) is 5.82 Å². The molecule has 0 heterocycles. The van der Waals surface area contributed by atoms with Crippen LogP contribution < -0.4 is 0 Å². The molecule has 0 atom stereocenters. The molecule has 5 heteroatoms. The van der Waals surface area contributed by atoms with Gasteiger partial charge in [-0.1, -0.05) is 18.2 Å². The summed E-state index contributed by atoms with van der Waals surface area (Å²) >= 11 is 5.24. The second-order valence-electron chi connectivity index (χ2n) is 2.97. The number of hydrogen-bond donors (Lipinski definition) is 0. The first-order chi connectivity index (χ1) is 7.06. The average molecular weight is 237 g/mol. The van der Waals surface area contributed by atoms with Gasteiger partial charge < -0.3 is 0 Å². The first-order valence-corrected chi connectivity index (χ1v) is 4.72. The van der Waals surface area contributed by atoms with Crippen molar-refractivity contribution in [1.29, 1.82) is 0 Å². The Hall–Kier alpha value is -1.03. The Morgan fingerprint density at radius 1 is 1.40 bits per heavy atom. The Balaban J connectivity index is 2.99. The van der Waals surface area contributed by atoms with E-state index in [1.54, 1.807) is 0 Å². The summed E-state index contributed by atoms with van der Waals surface area (Å²) in [6.45, 7) is 0. The number of alkyl halides is 3. The molecule has 82 valence electrons. The highest BCUT2D eigenvalue weighted by molar-refractivity contribution is 6.27. The number of carbonyl (C=O) groups excluding carboxylic acids is 1. The van der Waals surface area contributed by atoms with Crippen molar-refractivity contribution in [1.82, 2.24) is 0 Å². The topological polar surface area (TPSA) is 17.1 Å². The van der Waals surface area contributed by atoms with Crippen LogP contribution in [0.1, 0.15) is 17.6 Å². The molecule has 15 heavy (non-hydrogen) atoms. The van der Waals surface area contributed by atoms with Crippen LogP contribution in [0, 0.1) is 5.82 Å². The van der Waals surface area contributed by atoms with E-state index in [4.69, 9.17) is 11.6 Å². The van der Waals surface area contributed by atoms with Crippen molar-refractivity contribution in [2.24, 2.45) is 0 Å². The maximum atomic E-state index is 13.3. The maximum Gasteiger partial charge on any atom is 0.266 e. The number of rotatable bonds is 4. The van der Waals surface area contributed by atoms with E-state index in [1.165, 1.54) is 12.1 Å². The van der Waals surface area contributed by atoms with Gasteiger partial charge in [0.2, 0.25) is 0 Å². The van der Waals surface area contributed by atoms with Crippen molar-refractivity contribution < 1.29 is 18.0 Å². The molecule has 1 aromatic rings. The lowest BCUT2D eigenvalue weighted by atomic mass is 10.1. The van der Waals surface area contributed by atoms with Crippen molar-refractivity contribution in [3.8, 4) is 0 Å². The third kappa shape index (κ3) is 2.96. The molecular formula is C10H8ClF3O. The van der Waals surface area contributed by atoms with Crippen LogP contribution in [0.25, 0.3) is 0 Å². The van der Waals surface area contributed by atoms with Crippen molar-refractivity contribution in [3.05, 3.63) is 35.1 Å². The number of hydrogen-bond acceptors (Lipinski definition) is 1. The van der Waals surface area contributed by atoms with Gasteiger partial charge >= 0.3 is 0 Å². The minimum absolute atomic E-state index is 0.0431. The average Bonchev–Trinajstić information content (AvgIpc) is 2.20. The number of carbonyl (C=O) groups is 1. The molecule has 0 spiro atoms. The van der Waals surface area contributed by atoms with Gasteiger partial charge in [-0.2, -0.15) is 0 Å². The lowest BCUT2D eigenvalue weighted by Crippen LogP contribution is -2.07. The standard InChI is InChI=1S/C10H8ClF3O/c11-5-7(15)4-6-2-1-3-8(9(6)12)10(13)14/h1-3,10H,4-5H2. The Bertz CT molecular complexity index is 366. The fraction of sp³-hybridized carbons (Fsp3) is 0.300. The molecular weight excluding hydrogens is 229 g/mol. The van der Waals surface area contributed by atoms with E-state index < -0.39 is 23.6 Å². The van der Waals surface area contributed by atoms with Gasteiger partial charge in [0, 0.05) is 6.42 Å². The van der Waals surface area contributed by atoms with Gasteiger partial charge in [-0.05, 0) is 5.56 Å². The normalized spacial score (nSPS) is 10.7. The van der Waals surface area contributed by atoms with Crippen LogP contribution >= 0.6 is 11.6 Å². The van der Waals surface area contributed by atoms with Crippen LogP contribution in [0.3, 0.4) is 0 Å². The molecule has 0 fully saturated rings. The summed E-state index contributed by atoms with van der Waals surface area (Å²) in [6, 6.07) is 3.59. The Labute approximate surface area is 89.9 Å². The summed E-state index contributed by atoms with van der Waals surface area (Å²) in [4.78, 5) is 10.9. The second kappa shape index (κ2) is 5.16. The molecule has 0 aliphatic heterocycles. The van der Waals surface area contributed by atoms with Crippen molar-refractivity contribution in [2.75, 3.05) is 5.88 Å². The minimum atomic E-state index is -2.88. The Morgan fingerprint density at radius 3 is 2.60 bits per heavy atom. The van der Waals surface area contributed by atoms with Gasteiger partial charge in [-0.15, -0.1) is 11.6 Å². The smallest absolute Gasteiger partial charge is 0.266 e. The summed E-state index contributed by atoms with van der Waals surface area (Å²) < 4.78 is 37.9. The van der Waals surface area contributed by atoms with Gasteiger partial charge in [0.25, 0.3) is 6.43 Å². The number of benzene rings is 1. The van der Waals surface area contributed by atoms with Gasteiger partial charge in [-0.3, -0.25) is 4.79 Å². The van der Waals surface area contributed by atoms with Crippen molar-refractivity contribution >= 4 is 17.4 Å². The summed E-state index contributed by atoms with van der Waals surface area (Å²) in [5.74, 6) is -1.67. The highest BCUT2D eigenvalue weighted by Crippen LogP contribution is 2.24. The predicted octanol–water partition coefficient (Wildman–Crippen LogP) is 3.11. The summed E-state index contributed by atoms with van der Waals surface area (Å²) in [6.07, 6.45) is -3.13. The SMILES string of the molecule is O=C(CCl)Cc1cccc(C(F)F)c1F. The third-order valence-electron chi connectivity index (χ3n) is 1.88. The zero-order valence-electron chi connectivity index (χ0n) is 7.64. The predicted molar refractivity (Wildman–Crippen MR) is 50.8 cm³/mol. The molecule has 1 aromatic carbocycles. The van der Waals surface area contributed by atoms with Gasteiger partial charge in [-0.25, -0.2) is 13.2 Å². The molecule has 0 amide bonds. The van der Waals surface area contributed by atoms with Crippen LogP contribution in [0.2, 0.25) is 0 Å². The van der Waals surface area contributed by atoms with Gasteiger partial charge in [0.05, 0.1) is 11.4 Å². The number of Topliss-reactive ketones (excluding diaryl/α,β-unsaturated/α-hetero) is 1. The van der Waals surface area contributed by atoms with Crippen LogP contribution in [0.4, 0.5) is 13.2 Å². The first kappa shape index (κ1) is 12.0. The van der Waals surface area contributed by atoms with Crippen molar-refractivity contribution in [3.63, 3.8) is 0 Å². The number of ketones is 1. The molecule has 0 aliphatic rings. The molecule has 0 saturated carbocycles. The zero-order chi connectivity index (χ0) is 11.4. The molecule has 1 rings (SSSR count). The fourth-order valence-corrected chi connectivity index (χ4v) is 1.26. The minimum Gasteiger partial charge on any atom is -0.298 e. The molecule has 0 saturated heterocycles. The first-order valence-electron chi connectivity index (χ1n) is 4.19. The van der Waals surface area contributed by atoms with E-state index >= 15 is 0 Å². The summed E-state index contributed by atoms with van der Waals surface area (Å²) in [5, 5.41) is 0. The Morgan fingerprint density at radius 2 is 2.07 bits per heavy atom. The molecule has 0 N–H and O–H groups in total. The van der Waals surface area contributed by atoms with Crippen LogP contribution in [0.5, 0.6) is 0 Å². The van der Waals surface area contributed by atoms with E-state index in [0.717, 1.165) is 6.07 Å². The maximum absolute atomic E-state index is 13.3. The highest BCUT2D eigenvalue weighted by Gasteiger charge is 2.17. The molecule has 0 aliphatic carbocycles. The van der Waals surface area contributed by atoms with Crippen LogP contribution in [-0.4, -0.2) is 11.7 Å². The summed E-state index contributed by atoms with van der Waals surface area (Å²) in [5.41, 5.74) is -0.728. The van der Waals surface area contributed by atoms with Crippen LogP contribution in [0.15, 0.2) is 18.2 Å². The quantitative estimate of drug-likeness (QED) is 0.734. The van der Waals surface area contributed by atoms with E-state index in [9.17, 15) is 18.0 Å². The summed E-state index contributed by atoms with van der Waals surface area (Å²) in [7, 11) is 0. The lowest BCUT2D eigenvalue weighted by molar-refractivity contribution is -0.116. The number of halogens is 4. The molecule has 1 nitrogen and oxygen atoms in total. The van der Waals surface area contributed by atoms with E-state index in [0.29, 0.717) is 0 Å².